The predicted octanol–water partition coefficient (Wildman–Crippen LogP) is -8.67. The van der Waals surface area contributed by atoms with Gasteiger partial charge in [0.15, 0.2) is 5.96 Å². The summed E-state index contributed by atoms with van der Waals surface area (Å²) >= 11 is 0. The van der Waals surface area contributed by atoms with Crippen LogP contribution in [0.25, 0.3) is 0 Å². The predicted molar refractivity (Wildman–Crippen MR) is 253 cm³/mol. The molecule has 0 rings (SSSR count). The zero-order valence-electron chi connectivity index (χ0n) is 40.7. The first kappa shape index (κ1) is 64.3. The van der Waals surface area contributed by atoms with E-state index in [0.717, 1.165) is 0 Å². The minimum absolute atomic E-state index is 0.00179. The van der Waals surface area contributed by atoms with Crippen molar-refractivity contribution in [3.05, 3.63) is 0 Å². The number of aliphatic hydroxyl groups excluding tert-OH is 1. The number of nitrogens with zero attached hydrogens (tertiary/aromatic N) is 1. The number of carboxylic acid groups (broad SMARTS) is 1. The van der Waals surface area contributed by atoms with Crippen LogP contribution in [0.5, 0.6) is 0 Å². The molecule has 12 amide bonds. The number of aliphatic imine (C=N–C) groups is 1. The SMILES string of the molecule is CC(C)C[C@H](NC(=O)[C@H](CC(N)=O)NC(=O)[C@@H](N)CCCN=C(N)N)C(=O)NCC(=O)N[C@H](C(=O)N[C@@H](CCC(N)=O)C(=O)N[C@@H](CCC(N)=O)C(=O)N[C@@H](CO)C(=O)N[C@@H](CCC(N)=O)C(=O)O)C(C)C. The second-order valence-electron chi connectivity index (χ2n) is 17.3. The summed E-state index contributed by atoms with van der Waals surface area (Å²) in [6.45, 7) is 4.74. The maximum Gasteiger partial charge on any atom is 0.326 e. The molecule has 0 spiro atoms. The summed E-state index contributed by atoms with van der Waals surface area (Å²) < 4.78 is 0. The molecule has 406 valence electrons. The molecule has 31 nitrogen and oxygen atoms in total. The molecule has 72 heavy (non-hydrogen) atoms. The molecule has 31 heteroatoms. The first-order valence-corrected chi connectivity index (χ1v) is 22.7. The summed E-state index contributed by atoms with van der Waals surface area (Å²) in [6.07, 6.45) is -3.18. The largest absolute Gasteiger partial charge is 0.480 e. The number of guanidine groups is 1. The van der Waals surface area contributed by atoms with Crippen LogP contribution >= 0.6 is 0 Å². The van der Waals surface area contributed by atoms with Crippen molar-refractivity contribution in [2.75, 3.05) is 19.7 Å². The number of aliphatic hydroxyl groups is 1. The van der Waals surface area contributed by atoms with E-state index in [9.17, 15) is 72.5 Å². The normalized spacial score (nSPS) is 14.2. The number of rotatable bonds is 36. The first-order valence-electron chi connectivity index (χ1n) is 22.7. The number of hydrogen-bond donors (Lipinski definition) is 17. The van der Waals surface area contributed by atoms with Crippen molar-refractivity contribution in [2.24, 2.45) is 57.0 Å². The maximum absolute atomic E-state index is 13.7. The Morgan fingerprint density at radius 3 is 1.38 bits per heavy atom. The highest BCUT2D eigenvalue weighted by molar-refractivity contribution is 5.98. The van der Waals surface area contributed by atoms with E-state index in [1.54, 1.807) is 13.8 Å². The summed E-state index contributed by atoms with van der Waals surface area (Å²) in [4.78, 5) is 168. The van der Waals surface area contributed by atoms with E-state index in [1.807, 2.05) is 5.32 Å². The molecule has 0 saturated carbocycles. The summed E-state index contributed by atoms with van der Waals surface area (Å²) in [7, 11) is 0. The average molecular weight is 1030 g/mol. The van der Waals surface area contributed by atoms with E-state index in [1.165, 1.54) is 13.8 Å². The molecular formula is C41H72N16O15. The van der Waals surface area contributed by atoms with Crippen molar-refractivity contribution in [1.29, 1.82) is 0 Å². The molecular weight excluding hydrogens is 957 g/mol. The zero-order valence-corrected chi connectivity index (χ0v) is 40.7. The molecule has 0 unspecified atom stereocenters. The molecule has 24 N–H and O–H groups in total. The van der Waals surface area contributed by atoms with Gasteiger partial charge in [-0.3, -0.25) is 62.5 Å². The fourth-order valence-electron chi connectivity index (χ4n) is 6.29. The molecule has 0 aliphatic rings. The maximum atomic E-state index is 13.7. The second kappa shape index (κ2) is 33.0. The lowest BCUT2D eigenvalue weighted by Gasteiger charge is -2.27. The van der Waals surface area contributed by atoms with E-state index < -0.39 is 189 Å². The van der Waals surface area contributed by atoms with Gasteiger partial charge in [0.1, 0.15) is 42.3 Å². The number of amides is 12. The Hall–Kier alpha value is -7.70. The van der Waals surface area contributed by atoms with E-state index in [-0.39, 0.29) is 31.3 Å². The lowest BCUT2D eigenvalue weighted by Crippen LogP contribution is -2.60. The number of aliphatic carboxylic acids is 1. The fraction of sp³-hybridized carbons (Fsp3) is 0.659. The van der Waals surface area contributed by atoms with Gasteiger partial charge < -0.3 is 92.9 Å². The highest BCUT2D eigenvalue weighted by Gasteiger charge is 2.35. The van der Waals surface area contributed by atoms with Crippen LogP contribution < -0.4 is 82.7 Å². The van der Waals surface area contributed by atoms with Gasteiger partial charge in [0.2, 0.25) is 70.9 Å². The summed E-state index contributed by atoms with van der Waals surface area (Å²) in [5.41, 5.74) is 37.4. The lowest BCUT2D eigenvalue weighted by molar-refractivity contribution is -0.143. The van der Waals surface area contributed by atoms with Crippen molar-refractivity contribution in [3.63, 3.8) is 0 Å². The Labute approximate surface area is 414 Å². The number of primary amides is 4. The van der Waals surface area contributed by atoms with Gasteiger partial charge in [-0.15, -0.1) is 0 Å². The third-order valence-electron chi connectivity index (χ3n) is 10.1. The summed E-state index contributed by atoms with van der Waals surface area (Å²) in [6, 6.07) is -12.3. The van der Waals surface area contributed by atoms with Crippen LogP contribution in [-0.4, -0.2) is 161 Å². The Morgan fingerprint density at radius 1 is 0.500 bits per heavy atom. The van der Waals surface area contributed by atoms with Gasteiger partial charge in [-0.1, -0.05) is 27.7 Å². The Bertz CT molecular complexity index is 1980. The van der Waals surface area contributed by atoms with Crippen LogP contribution in [0.2, 0.25) is 0 Å². The Kier molecular flexibility index (Phi) is 29.5. The summed E-state index contributed by atoms with van der Waals surface area (Å²) in [5.74, 6) is -14.6. The van der Waals surface area contributed by atoms with Crippen LogP contribution in [-0.2, 0) is 62.3 Å². The van der Waals surface area contributed by atoms with E-state index in [2.05, 4.69) is 42.2 Å². The molecule has 0 aromatic heterocycles. The molecule has 0 radical (unpaired) electrons. The van der Waals surface area contributed by atoms with Gasteiger partial charge in [-0.05, 0) is 50.4 Å². The van der Waals surface area contributed by atoms with Crippen molar-refractivity contribution >= 4 is 82.8 Å². The van der Waals surface area contributed by atoms with E-state index in [0.29, 0.717) is 6.42 Å². The highest BCUT2D eigenvalue weighted by Crippen LogP contribution is 2.10. The number of carbonyl (C=O) groups is 13. The van der Waals surface area contributed by atoms with Gasteiger partial charge in [-0.2, -0.15) is 0 Å². The van der Waals surface area contributed by atoms with Crippen LogP contribution in [0.1, 0.15) is 91.9 Å². The molecule has 0 fully saturated rings. The molecule has 0 aliphatic heterocycles. The minimum Gasteiger partial charge on any atom is -0.480 e. The lowest BCUT2D eigenvalue weighted by atomic mass is 10.0. The molecule has 8 atom stereocenters. The monoisotopic (exact) mass is 1030 g/mol. The van der Waals surface area contributed by atoms with Gasteiger partial charge in [-0.25, -0.2) is 4.79 Å². The van der Waals surface area contributed by atoms with E-state index in [4.69, 9.17) is 40.1 Å². The van der Waals surface area contributed by atoms with E-state index >= 15 is 0 Å². The first-order chi connectivity index (χ1) is 33.5. The number of hydrogen-bond acceptors (Lipinski definition) is 16. The highest BCUT2D eigenvalue weighted by atomic mass is 16.4. The molecule has 0 heterocycles. The molecule has 0 bridgehead atoms. The molecule has 0 aromatic carbocycles. The quantitative estimate of drug-likeness (QED) is 0.0157. The Morgan fingerprint density at radius 2 is 0.931 bits per heavy atom. The average Bonchev–Trinajstić information content (AvgIpc) is 3.27. The number of nitrogens with two attached hydrogens (primary N) is 7. The third-order valence-corrected chi connectivity index (χ3v) is 10.1. The second-order valence-corrected chi connectivity index (χ2v) is 17.3. The standard InChI is InChI=1S/C41H72N16O15/c1-18(2)14-24(55-37(68)25(15-30(46)62)54-33(64)20(42)6-5-13-49-41(47)48)34(65)50-16-31(63)57-32(19(3)4)39(70)52-22(8-11-28(44)60)35(66)51-21(7-10-27(43)59)36(67)56-26(17-58)38(69)53-23(40(71)72)9-12-29(45)61/h18-26,32,58H,5-17,42H2,1-4H3,(H2,43,59)(H2,44,60)(H2,45,61)(H2,46,62)(H,50,65)(H,51,66)(H,52,70)(H,53,69)(H,54,64)(H,55,68)(H,56,67)(H,57,63)(H,71,72)(H4,47,48,49)/t20-,21-,22-,23-,24-,25-,26-,32-/m0/s1. The minimum atomic E-state index is -1.84. The summed E-state index contributed by atoms with van der Waals surface area (Å²) in [5, 5.41) is 37.7. The number of carboxylic acids is 1. The van der Waals surface area contributed by atoms with Crippen LogP contribution in [0.4, 0.5) is 0 Å². The number of carbonyl (C=O) groups excluding carboxylic acids is 12. The topological polar surface area (TPSA) is 553 Å². The van der Waals surface area contributed by atoms with Gasteiger partial charge >= 0.3 is 5.97 Å². The van der Waals surface area contributed by atoms with Crippen LogP contribution in [0.15, 0.2) is 4.99 Å². The molecule has 0 aromatic rings. The van der Waals surface area contributed by atoms with Gasteiger partial charge in [0, 0.05) is 25.8 Å². The van der Waals surface area contributed by atoms with Crippen molar-refractivity contribution in [2.45, 2.75) is 140 Å². The van der Waals surface area contributed by atoms with Crippen LogP contribution in [0, 0.1) is 11.8 Å². The zero-order chi connectivity index (χ0) is 55.4. The third kappa shape index (κ3) is 26.9. The van der Waals surface area contributed by atoms with Crippen LogP contribution in [0.3, 0.4) is 0 Å². The van der Waals surface area contributed by atoms with Crippen molar-refractivity contribution < 1.29 is 72.5 Å². The smallest absolute Gasteiger partial charge is 0.326 e. The fourth-order valence-corrected chi connectivity index (χ4v) is 6.29. The Balaban J connectivity index is 6.18. The van der Waals surface area contributed by atoms with Crippen molar-refractivity contribution in [1.82, 2.24) is 42.5 Å². The van der Waals surface area contributed by atoms with Gasteiger partial charge in [0.05, 0.1) is 25.6 Å². The molecule has 0 saturated heterocycles. The van der Waals surface area contributed by atoms with Gasteiger partial charge in [0.25, 0.3) is 0 Å². The van der Waals surface area contributed by atoms with Crippen molar-refractivity contribution in [3.8, 4) is 0 Å². The molecule has 0 aliphatic carbocycles. The number of nitrogens with one attached hydrogen (secondary N) is 8.